The molecule has 0 spiro atoms. The minimum atomic E-state index is -0.751. The van der Waals surface area contributed by atoms with Crippen LogP contribution in [0.4, 0.5) is 10.1 Å². The van der Waals surface area contributed by atoms with E-state index in [0.717, 1.165) is 6.07 Å². The molecule has 0 fully saturated rings. The number of hydrogen-bond donors (Lipinski definition) is 0. The number of nitro groups is 1. The normalized spacial score (nSPS) is 13.6. The molecule has 4 rings (SSSR count). The van der Waals surface area contributed by atoms with Gasteiger partial charge in [-0.2, -0.15) is 0 Å². The fraction of sp³-hybridized carbons (Fsp3) is 0.0435. The third-order valence-electron chi connectivity index (χ3n) is 4.68. The highest BCUT2D eigenvalue weighted by molar-refractivity contribution is 6.15. The zero-order valence-corrected chi connectivity index (χ0v) is 16.1. The molecule has 0 aliphatic carbocycles. The Labute approximate surface area is 175 Å². The average Bonchev–Trinajstić information content (AvgIpc) is 3.06. The first kappa shape index (κ1) is 20.0. The third kappa shape index (κ3) is 3.91. The number of allylic oxidation sites excluding steroid dienone is 1. The number of hydrogen-bond acceptors (Lipinski definition) is 6. The van der Waals surface area contributed by atoms with E-state index in [1.54, 1.807) is 13.0 Å². The van der Waals surface area contributed by atoms with Gasteiger partial charge in [0, 0.05) is 17.7 Å². The Hall–Kier alpha value is -4.33. The van der Waals surface area contributed by atoms with Gasteiger partial charge in [0.1, 0.15) is 17.3 Å². The largest absolute Gasteiger partial charge is 0.452 e. The molecule has 0 unspecified atom stereocenters. The quantitative estimate of drug-likeness (QED) is 0.197. The predicted molar refractivity (Wildman–Crippen MR) is 109 cm³/mol. The van der Waals surface area contributed by atoms with Crippen LogP contribution < -0.4 is 9.47 Å². The lowest BCUT2D eigenvalue weighted by molar-refractivity contribution is -0.384. The van der Waals surface area contributed by atoms with Gasteiger partial charge in [-0.25, -0.2) is 9.18 Å². The van der Waals surface area contributed by atoms with Crippen LogP contribution in [0.2, 0.25) is 0 Å². The summed E-state index contributed by atoms with van der Waals surface area (Å²) in [5, 5.41) is 10.9. The molecule has 0 saturated heterocycles. The summed E-state index contributed by atoms with van der Waals surface area (Å²) in [5.74, 6) is -1.33. The lowest BCUT2D eigenvalue weighted by atomic mass is 10.1. The molecule has 0 N–H and O–H groups in total. The van der Waals surface area contributed by atoms with E-state index in [9.17, 15) is 24.1 Å². The van der Waals surface area contributed by atoms with Gasteiger partial charge in [0.25, 0.3) is 5.69 Å². The van der Waals surface area contributed by atoms with Gasteiger partial charge in [0.2, 0.25) is 5.78 Å². The lowest BCUT2D eigenvalue weighted by Crippen LogP contribution is -2.09. The highest BCUT2D eigenvalue weighted by Gasteiger charge is 2.30. The molecule has 1 aliphatic heterocycles. The number of fused-ring (bicyclic) bond motifs is 1. The third-order valence-corrected chi connectivity index (χ3v) is 4.68. The highest BCUT2D eigenvalue weighted by atomic mass is 19.1. The number of ketones is 1. The van der Waals surface area contributed by atoms with Crippen LogP contribution in [-0.2, 0) is 0 Å². The lowest BCUT2D eigenvalue weighted by Gasteiger charge is -2.10. The molecule has 154 valence electrons. The Morgan fingerprint density at radius 2 is 1.90 bits per heavy atom. The molecule has 0 amide bonds. The van der Waals surface area contributed by atoms with Gasteiger partial charge < -0.3 is 9.47 Å². The summed E-state index contributed by atoms with van der Waals surface area (Å²) in [6, 6.07) is 13.8. The van der Waals surface area contributed by atoms with Crippen molar-refractivity contribution in [1.82, 2.24) is 0 Å². The zero-order valence-electron chi connectivity index (χ0n) is 16.1. The molecule has 1 heterocycles. The van der Waals surface area contributed by atoms with Crippen LogP contribution in [0.15, 0.2) is 66.4 Å². The fourth-order valence-electron chi connectivity index (χ4n) is 3.13. The first-order valence-corrected chi connectivity index (χ1v) is 9.13. The standard InChI is InChI=1S/C23H14FNO6/c1-13-19(31-23(27)15-5-3-6-16(24)12-15)9-8-18-21(26)20(30-22(13)18)11-14-4-2-7-17(10-14)25(28)29/h2-12H,1H3/b20-11-. The summed E-state index contributed by atoms with van der Waals surface area (Å²) in [4.78, 5) is 35.4. The molecule has 0 atom stereocenters. The maximum absolute atomic E-state index is 13.4. The van der Waals surface area contributed by atoms with E-state index < -0.39 is 22.5 Å². The number of non-ortho nitro benzene ring substituents is 1. The summed E-state index contributed by atoms with van der Waals surface area (Å²) in [6.07, 6.45) is 1.41. The van der Waals surface area contributed by atoms with Crippen molar-refractivity contribution in [3.63, 3.8) is 0 Å². The Balaban J connectivity index is 1.62. The van der Waals surface area contributed by atoms with Crippen molar-refractivity contribution in [1.29, 1.82) is 0 Å². The highest BCUT2D eigenvalue weighted by Crippen LogP contribution is 2.39. The Morgan fingerprint density at radius 1 is 1.13 bits per heavy atom. The Bertz CT molecular complexity index is 1280. The van der Waals surface area contributed by atoms with Gasteiger partial charge in [-0.1, -0.05) is 18.2 Å². The second kappa shape index (κ2) is 7.83. The monoisotopic (exact) mass is 419 g/mol. The number of ether oxygens (including phenoxy) is 2. The summed E-state index contributed by atoms with van der Waals surface area (Å²) in [7, 11) is 0. The number of carbonyl (C=O) groups is 2. The van der Waals surface area contributed by atoms with E-state index in [4.69, 9.17) is 9.47 Å². The molecule has 1 aliphatic rings. The molecule has 7 nitrogen and oxygen atoms in total. The maximum atomic E-state index is 13.4. The second-order valence-electron chi connectivity index (χ2n) is 6.76. The van der Waals surface area contributed by atoms with E-state index in [1.165, 1.54) is 54.6 Å². The summed E-state index contributed by atoms with van der Waals surface area (Å²) >= 11 is 0. The molecule has 0 saturated carbocycles. The van der Waals surface area contributed by atoms with Crippen molar-refractivity contribution in [2.75, 3.05) is 0 Å². The van der Waals surface area contributed by atoms with E-state index in [-0.39, 0.29) is 34.1 Å². The zero-order chi connectivity index (χ0) is 22.1. The van der Waals surface area contributed by atoms with Gasteiger partial charge >= 0.3 is 5.97 Å². The van der Waals surface area contributed by atoms with E-state index in [2.05, 4.69) is 0 Å². The van der Waals surface area contributed by atoms with Gasteiger partial charge in [-0.3, -0.25) is 14.9 Å². The fourth-order valence-corrected chi connectivity index (χ4v) is 3.13. The molecule has 0 aromatic heterocycles. The minimum absolute atomic E-state index is 0.00722. The van der Waals surface area contributed by atoms with E-state index >= 15 is 0 Å². The summed E-state index contributed by atoms with van der Waals surface area (Å²) in [6.45, 7) is 1.62. The molecule has 0 bridgehead atoms. The summed E-state index contributed by atoms with van der Waals surface area (Å²) < 4.78 is 24.4. The summed E-state index contributed by atoms with van der Waals surface area (Å²) in [5.41, 5.74) is 1.06. The van der Waals surface area contributed by atoms with Gasteiger partial charge in [0.05, 0.1) is 16.1 Å². The van der Waals surface area contributed by atoms with Crippen molar-refractivity contribution in [2.45, 2.75) is 6.92 Å². The smallest absolute Gasteiger partial charge is 0.343 e. The number of carbonyl (C=O) groups excluding carboxylic acids is 2. The van der Waals surface area contributed by atoms with Crippen LogP contribution in [0.25, 0.3) is 6.08 Å². The van der Waals surface area contributed by atoms with Crippen LogP contribution in [-0.4, -0.2) is 16.7 Å². The van der Waals surface area contributed by atoms with E-state index in [0.29, 0.717) is 11.1 Å². The molecular formula is C23H14FNO6. The van der Waals surface area contributed by atoms with Crippen LogP contribution in [0.3, 0.4) is 0 Å². The van der Waals surface area contributed by atoms with Crippen molar-refractivity contribution >= 4 is 23.5 Å². The number of nitrogens with zero attached hydrogens (tertiary/aromatic N) is 1. The molecule has 3 aromatic carbocycles. The van der Waals surface area contributed by atoms with Crippen LogP contribution >= 0.6 is 0 Å². The number of rotatable bonds is 4. The van der Waals surface area contributed by atoms with Gasteiger partial charge in [-0.15, -0.1) is 0 Å². The minimum Gasteiger partial charge on any atom is -0.452 e. The molecule has 31 heavy (non-hydrogen) atoms. The van der Waals surface area contributed by atoms with Gasteiger partial charge in [0.15, 0.2) is 5.76 Å². The number of nitro benzene ring substituents is 1. The SMILES string of the molecule is Cc1c(OC(=O)c2cccc(F)c2)ccc2c1O/C(=C\c1cccc([N+](=O)[O-])c1)C2=O. The van der Waals surface area contributed by atoms with Crippen LogP contribution in [0, 0.1) is 22.9 Å². The maximum Gasteiger partial charge on any atom is 0.343 e. The van der Waals surface area contributed by atoms with Crippen molar-refractivity contribution < 1.29 is 28.4 Å². The number of halogens is 1. The van der Waals surface area contributed by atoms with Crippen LogP contribution in [0.1, 0.15) is 31.8 Å². The first-order chi connectivity index (χ1) is 14.8. The Kier molecular flexibility index (Phi) is 5.04. The van der Waals surface area contributed by atoms with Crippen molar-refractivity contribution in [3.05, 3.63) is 105 Å². The average molecular weight is 419 g/mol. The second-order valence-corrected chi connectivity index (χ2v) is 6.76. The molecule has 3 aromatic rings. The van der Waals surface area contributed by atoms with Gasteiger partial charge in [-0.05, 0) is 48.9 Å². The number of esters is 1. The number of benzene rings is 3. The van der Waals surface area contributed by atoms with Crippen LogP contribution in [0.5, 0.6) is 11.5 Å². The topological polar surface area (TPSA) is 95.7 Å². The molecule has 8 heteroatoms. The molecule has 0 radical (unpaired) electrons. The molecular weight excluding hydrogens is 405 g/mol. The predicted octanol–water partition coefficient (Wildman–Crippen LogP) is 4.88. The first-order valence-electron chi connectivity index (χ1n) is 9.13. The van der Waals surface area contributed by atoms with Crippen molar-refractivity contribution in [3.8, 4) is 11.5 Å². The van der Waals surface area contributed by atoms with E-state index in [1.807, 2.05) is 0 Å². The number of Topliss-reactive ketones (excluding diaryl/α,β-unsaturated/α-hetero) is 1. The van der Waals surface area contributed by atoms with Crippen molar-refractivity contribution in [2.24, 2.45) is 0 Å². The Morgan fingerprint density at radius 3 is 2.65 bits per heavy atom.